The molecule has 1 aliphatic rings. The molecule has 1 aliphatic carbocycles. The largest absolute Gasteiger partial charge is 0.383 e. The molecule has 1 saturated carbocycles. The normalized spacial score (nSPS) is 33.0. The van der Waals surface area contributed by atoms with Gasteiger partial charge in [-0.15, -0.1) is 0 Å². The number of hydrogen-bond acceptors (Lipinski definition) is 2. The molecule has 96 valence electrons. The van der Waals surface area contributed by atoms with Gasteiger partial charge in [0.1, 0.15) is 0 Å². The summed E-state index contributed by atoms with van der Waals surface area (Å²) in [5, 5.41) is 3.83. The summed E-state index contributed by atoms with van der Waals surface area (Å²) < 4.78 is 5.31. The van der Waals surface area contributed by atoms with Crippen LogP contribution >= 0.6 is 0 Å². The van der Waals surface area contributed by atoms with E-state index in [4.69, 9.17) is 4.74 Å². The summed E-state index contributed by atoms with van der Waals surface area (Å²) in [7, 11) is 1.80. The number of rotatable bonds is 5. The molecule has 0 aromatic rings. The first-order valence-electron chi connectivity index (χ1n) is 6.81. The van der Waals surface area contributed by atoms with Gasteiger partial charge in [-0.1, -0.05) is 34.1 Å². The van der Waals surface area contributed by atoms with Crippen LogP contribution in [0.2, 0.25) is 0 Å². The maximum Gasteiger partial charge on any atom is 0.0618 e. The lowest BCUT2D eigenvalue weighted by Gasteiger charge is -2.39. The summed E-state index contributed by atoms with van der Waals surface area (Å²) in [5.74, 6) is 2.25. The zero-order chi connectivity index (χ0) is 12.1. The molecule has 2 heteroatoms. The Morgan fingerprint density at radius 3 is 2.19 bits per heavy atom. The molecule has 16 heavy (non-hydrogen) atoms. The molecule has 0 amide bonds. The summed E-state index contributed by atoms with van der Waals surface area (Å²) in [6, 6.07) is 1.18. The van der Waals surface area contributed by atoms with E-state index < -0.39 is 0 Å². The van der Waals surface area contributed by atoms with Crippen LogP contribution in [0.1, 0.15) is 47.0 Å². The Labute approximate surface area is 101 Å². The molecule has 1 N–H and O–H groups in total. The zero-order valence-electron chi connectivity index (χ0n) is 11.6. The molecule has 1 fully saturated rings. The molecule has 0 aromatic carbocycles. The quantitative estimate of drug-likeness (QED) is 0.779. The molecule has 0 radical (unpaired) electrons. The third-order valence-corrected chi connectivity index (χ3v) is 4.10. The lowest BCUT2D eigenvalue weighted by molar-refractivity contribution is 0.112. The Hall–Kier alpha value is -0.0800. The van der Waals surface area contributed by atoms with Crippen molar-refractivity contribution in [1.29, 1.82) is 0 Å². The molecule has 0 spiro atoms. The predicted octanol–water partition coefficient (Wildman–Crippen LogP) is 3.07. The van der Waals surface area contributed by atoms with E-state index in [0.29, 0.717) is 18.0 Å². The average Bonchev–Trinajstić information content (AvgIpc) is 2.21. The minimum Gasteiger partial charge on any atom is -0.383 e. The summed E-state index contributed by atoms with van der Waals surface area (Å²) in [5.41, 5.74) is 0. The highest BCUT2D eigenvalue weighted by Crippen LogP contribution is 2.29. The highest BCUT2D eigenvalue weighted by molar-refractivity contribution is 4.86. The number of hydrogen-bond donors (Lipinski definition) is 1. The summed E-state index contributed by atoms with van der Waals surface area (Å²) in [4.78, 5) is 0. The molecular formula is C14H29NO. The first-order valence-corrected chi connectivity index (χ1v) is 6.81. The Bertz CT molecular complexity index is 183. The van der Waals surface area contributed by atoms with Crippen LogP contribution in [0.4, 0.5) is 0 Å². The monoisotopic (exact) mass is 227 g/mol. The fraction of sp³-hybridized carbons (Fsp3) is 1.00. The lowest BCUT2D eigenvalue weighted by Crippen LogP contribution is -2.51. The first kappa shape index (κ1) is 14.0. The van der Waals surface area contributed by atoms with Gasteiger partial charge in [0.15, 0.2) is 0 Å². The number of ether oxygens (including phenoxy) is 1. The van der Waals surface area contributed by atoms with Gasteiger partial charge in [0, 0.05) is 19.2 Å². The average molecular weight is 227 g/mol. The van der Waals surface area contributed by atoms with Gasteiger partial charge in [-0.05, 0) is 30.6 Å². The van der Waals surface area contributed by atoms with E-state index in [2.05, 4.69) is 33.0 Å². The Kier molecular flexibility index (Phi) is 5.77. The van der Waals surface area contributed by atoms with Crippen molar-refractivity contribution >= 4 is 0 Å². The lowest BCUT2D eigenvalue weighted by atomic mass is 9.78. The van der Waals surface area contributed by atoms with Crippen molar-refractivity contribution < 1.29 is 4.74 Å². The smallest absolute Gasteiger partial charge is 0.0618 e. The Morgan fingerprint density at radius 2 is 1.75 bits per heavy atom. The third kappa shape index (κ3) is 3.74. The second-order valence-corrected chi connectivity index (χ2v) is 5.88. The second-order valence-electron chi connectivity index (χ2n) is 5.88. The highest BCUT2D eigenvalue weighted by Gasteiger charge is 2.30. The molecule has 3 atom stereocenters. The molecule has 3 unspecified atom stereocenters. The van der Waals surface area contributed by atoms with Crippen LogP contribution in [-0.4, -0.2) is 25.8 Å². The third-order valence-electron chi connectivity index (χ3n) is 4.10. The van der Waals surface area contributed by atoms with Crippen LogP contribution in [-0.2, 0) is 4.74 Å². The van der Waals surface area contributed by atoms with Crippen LogP contribution in [0, 0.1) is 17.8 Å². The Morgan fingerprint density at radius 1 is 1.19 bits per heavy atom. The van der Waals surface area contributed by atoms with Crippen molar-refractivity contribution in [3.63, 3.8) is 0 Å². The number of methoxy groups -OCH3 is 1. The molecular weight excluding hydrogens is 198 g/mol. The Balaban J connectivity index is 2.53. The fourth-order valence-corrected chi connectivity index (χ4v) is 2.87. The van der Waals surface area contributed by atoms with Gasteiger partial charge in [-0.25, -0.2) is 0 Å². The van der Waals surface area contributed by atoms with Crippen LogP contribution in [0.5, 0.6) is 0 Å². The van der Waals surface area contributed by atoms with Crippen LogP contribution < -0.4 is 5.32 Å². The topological polar surface area (TPSA) is 21.3 Å². The molecule has 0 heterocycles. The fourth-order valence-electron chi connectivity index (χ4n) is 2.87. The van der Waals surface area contributed by atoms with Gasteiger partial charge < -0.3 is 10.1 Å². The molecule has 0 saturated heterocycles. The molecule has 2 nitrogen and oxygen atoms in total. The maximum atomic E-state index is 5.31. The van der Waals surface area contributed by atoms with E-state index in [0.717, 1.165) is 18.4 Å². The van der Waals surface area contributed by atoms with Crippen molar-refractivity contribution in [2.75, 3.05) is 13.7 Å². The molecule has 0 aromatic heterocycles. The van der Waals surface area contributed by atoms with Gasteiger partial charge in [0.25, 0.3) is 0 Å². The highest BCUT2D eigenvalue weighted by atomic mass is 16.5. The van der Waals surface area contributed by atoms with Crippen molar-refractivity contribution in [2.45, 2.75) is 59.0 Å². The van der Waals surface area contributed by atoms with Crippen LogP contribution in [0.3, 0.4) is 0 Å². The van der Waals surface area contributed by atoms with Crippen molar-refractivity contribution in [2.24, 2.45) is 17.8 Å². The van der Waals surface area contributed by atoms with Gasteiger partial charge in [0.2, 0.25) is 0 Å². The van der Waals surface area contributed by atoms with Crippen LogP contribution in [0.25, 0.3) is 0 Å². The molecule has 0 aliphatic heterocycles. The van der Waals surface area contributed by atoms with Crippen molar-refractivity contribution in [1.82, 2.24) is 5.32 Å². The van der Waals surface area contributed by atoms with E-state index in [-0.39, 0.29) is 0 Å². The van der Waals surface area contributed by atoms with E-state index >= 15 is 0 Å². The van der Waals surface area contributed by atoms with E-state index in [9.17, 15) is 0 Å². The van der Waals surface area contributed by atoms with Gasteiger partial charge in [0.05, 0.1) is 6.61 Å². The van der Waals surface area contributed by atoms with Crippen LogP contribution in [0.15, 0.2) is 0 Å². The SMILES string of the molecule is COCC(NC1C(C)CCCC1C)C(C)C. The minimum absolute atomic E-state index is 0.498. The van der Waals surface area contributed by atoms with E-state index in [1.165, 1.54) is 19.3 Å². The summed E-state index contributed by atoms with van der Waals surface area (Å²) in [6.45, 7) is 10.1. The van der Waals surface area contributed by atoms with Gasteiger partial charge >= 0.3 is 0 Å². The maximum absolute atomic E-state index is 5.31. The van der Waals surface area contributed by atoms with E-state index in [1.54, 1.807) is 7.11 Å². The zero-order valence-corrected chi connectivity index (χ0v) is 11.6. The summed E-state index contributed by atoms with van der Waals surface area (Å²) >= 11 is 0. The predicted molar refractivity (Wildman–Crippen MR) is 69.6 cm³/mol. The van der Waals surface area contributed by atoms with Gasteiger partial charge in [-0.2, -0.15) is 0 Å². The molecule has 1 rings (SSSR count). The summed E-state index contributed by atoms with van der Waals surface area (Å²) in [6.07, 6.45) is 4.15. The van der Waals surface area contributed by atoms with Gasteiger partial charge in [-0.3, -0.25) is 0 Å². The molecule has 0 bridgehead atoms. The standard InChI is InChI=1S/C14H29NO/c1-10(2)13(9-16-5)15-14-11(3)7-6-8-12(14)4/h10-15H,6-9H2,1-5H3. The van der Waals surface area contributed by atoms with E-state index in [1.807, 2.05) is 0 Å². The number of nitrogens with one attached hydrogen (secondary N) is 1. The second kappa shape index (κ2) is 6.61. The van der Waals surface area contributed by atoms with Crippen molar-refractivity contribution in [3.8, 4) is 0 Å². The van der Waals surface area contributed by atoms with Crippen molar-refractivity contribution in [3.05, 3.63) is 0 Å². The minimum atomic E-state index is 0.498. The first-order chi connectivity index (χ1) is 7.56.